The molecule has 1 unspecified atom stereocenters. The van der Waals surface area contributed by atoms with E-state index in [0.29, 0.717) is 6.42 Å². The average molecular weight is 255 g/mol. The van der Waals surface area contributed by atoms with Crippen molar-refractivity contribution in [1.29, 1.82) is 5.26 Å². The van der Waals surface area contributed by atoms with Crippen molar-refractivity contribution in [2.75, 3.05) is 0 Å². The lowest BCUT2D eigenvalue weighted by atomic mass is 9.98. The first-order valence-electron chi connectivity index (χ1n) is 5.77. The summed E-state index contributed by atoms with van der Waals surface area (Å²) in [5, 5.41) is 13.9. The number of nitriles is 1. The Morgan fingerprint density at radius 2 is 2.12 bits per heavy atom. The maximum atomic E-state index is 8.78. The summed E-state index contributed by atoms with van der Waals surface area (Å²) >= 11 is 6.06. The van der Waals surface area contributed by atoms with Crippen LogP contribution in [0.1, 0.15) is 37.6 Å². The molecular weight excluding hydrogens is 236 g/mol. The first kappa shape index (κ1) is 14.0. The molecule has 17 heavy (non-hydrogen) atoms. The fraction of sp³-hybridized carbons (Fsp3) is 0.667. The summed E-state index contributed by atoms with van der Waals surface area (Å²) in [5.41, 5.74) is 6.90. The Balaban J connectivity index is 2.42. The van der Waals surface area contributed by atoms with Gasteiger partial charge in [-0.05, 0) is 40.0 Å². The van der Waals surface area contributed by atoms with E-state index in [-0.39, 0.29) is 0 Å². The smallest absolute Gasteiger partial charge is 0.101 e. The zero-order chi connectivity index (χ0) is 13.1. The van der Waals surface area contributed by atoms with Crippen molar-refractivity contribution in [2.24, 2.45) is 5.73 Å². The molecule has 0 spiro atoms. The first-order valence-corrected chi connectivity index (χ1v) is 6.15. The van der Waals surface area contributed by atoms with Gasteiger partial charge in [-0.15, -0.1) is 0 Å². The number of hydrogen-bond acceptors (Lipinski definition) is 3. The van der Waals surface area contributed by atoms with Crippen LogP contribution in [-0.2, 0) is 6.54 Å². The van der Waals surface area contributed by atoms with Crippen molar-refractivity contribution in [3.8, 4) is 6.07 Å². The molecule has 1 heterocycles. The van der Waals surface area contributed by atoms with Crippen LogP contribution < -0.4 is 5.73 Å². The number of nitrogens with zero attached hydrogens (tertiary/aromatic N) is 3. The van der Waals surface area contributed by atoms with Crippen LogP contribution in [-0.4, -0.2) is 15.3 Å². The van der Waals surface area contributed by atoms with Crippen LogP contribution in [0.5, 0.6) is 0 Å². The summed E-state index contributed by atoms with van der Waals surface area (Å²) in [4.78, 5) is 0. The van der Waals surface area contributed by atoms with Crippen molar-refractivity contribution < 1.29 is 0 Å². The number of rotatable bonds is 5. The molecule has 0 aliphatic carbocycles. The van der Waals surface area contributed by atoms with Gasteiger partial charge >= 0.3 is 0 Å². The van der Waals surface area contributed by atoms with Gasteiger partial charge in [0, 0.05) is 6.54 Å². The molecule has 1 aromatic heterocycles. The molecule has 0 amide bonds. The van der Waals surface area contributed by atoms with Crippen molar-refractivity contribution in [1.82, 2.24) is 9.78 Å². The van der Waals surface area contributed by atoms with Crippen LogP contribution in [0.2, 0.25) is 5.02 Å². The molecule has 4 nitrogen and oxygen atoms in total. The maximum absolute atomic E-state index is 8.78. The zero-order valence-electron chi connectivity index (χ0n) is 10.6. The van der Waals surface area contributed by atoms with Gasteiger partial charge in [0.05, 0.1) is 22.5 Å². The monoisotopic (exact) mass is 254 g/mol. The fourth-order valence-electron chi connectivity index (χ4n) is 1.70. The number of aromatic nitrogens is 2. The van der Waals surface area contributed by atoms with E-state index in [1.165, 1.54) is 0 Å². The molecule has 0 fully saturated rings. The minimum absolute atomic E-state index is 0.705. The lowest BCUT2D eigenvalue weighted by Gasteiger charge is -2.14. The summed E-state index contributed by atoms with van der Waals surface area (Å²) in [6, 6.07) is 2.10. The number of aryl methyl sites for hydroxylation is 2. The largest absolute Gasteiger partial charge is 0.314 e. The molecule has 2 N–H and O–H groups in total. The average Bonchev–Trinajstić information content (AvgIpc) is 2.52. The fourth-order valence-corrected chi connectivity index (χ4v) is 1.84. The predicted molar refractivity (Wildman–Crippen MR) is 68.8 cm³/mol. The molecule has 0 radical (unpaired) electrons. The lowest BCUT2D eigenvalue weighted by Crippen LogP contribution is -2.33. The Hall–Kier alpha value is -1.05. The van der Waals surface area contributed by atoms with E-state index in [4.69, 9.17) is 22.6 Å². The van der Waals surface area contributed by atoms with Crippen LogP contribution >= 0.6 is 11.6 Å². The van der Waals surface area contributed by atoms with Crippen molar-refractivity contribution in [2.45, 2.75) is 52.1 Å². The SMILES string of the molecule is Cc1nn(CCCCC(C)(N)C#N)c(C)c1Cl. The molecule has 94 valence electrons. The summed E-state index contributed by atoms with van der Waals surface area (Å²) < 4.78 is 1.91. The molecule has 0 aliphatic rings. The summed E-state index contributed by atoms with van der Waals surface area (Å²) in [5.74, 6) is 0. The van der Waals surface area contributed by atoms with Crippen LogP contribution in [0.3, 0.4) is 0 Å². The summed E-state index contributed by atoms with van der Waals surface area (Å²) in [6.07, 6.45) is 2.57. The Morgan fingerprint density at radius 3 is 2.59 bits per heavy atom. The lowest BCUT2D eigenvalue weighted by molar-refractivity contribution is 0.471. The van der Waals surface area contributed by atoms with Gasteiger partial charge in [0.2, 0.25) is 0 Å². The third-order valence-corrected chi connectivity index (χ3v) is 3.41. The number of halogens is 1. The van der Waals surface area contributed by atoms with E-state index in [0.717, 1.165) is 35.8 Å². The second-order valence-electron chi connectivity index (χ2n) is 4.69. The van der Waals surface area contributed by atoms with Crippen LogP contribution in [0.4, 0.5) is 0 Å². The van der Waals surface area contributed by atoms with Crippen molar-refractivity contribution in [3.05, 3.63) is 16.4 Å². The van der Waals surface area contributed by atoms with Gasteiger partial charge in [0.1, 0.15) is 5.54 Å². The number of nitrogens with two attached hydrogens (primary N) is 1. The van der Waals surface area contributed by atoms with Gasteiger partial charge in [-0.3, -0.25) is 4.68 Å². The quantitative estimate of drug-likeness (QED) is 0.821. The normalized spacial score (nSPS) is 14.4. The van der Waals surface area contributed by atoms with Gasteiger partial charge in [-0.2, -0.15) is 10.4 Å². The van der Waals surface area contributed by atoms with E-state index < -0.39 is 5.54 Å². The minimum Gasteiger partial charge on any atom is -0.314 e. The highest BCUT2D eigenvalue weighted by atomic mass is 35.5. The zero-order valence-corrected chi connectivity index (χ0v) is 11.4. The van der Waals surface area contributed by atoms with Gasteiger partial charge in [0.15, 0.2) is 0 Å². The third-order valence-electron chi connectivity index (χ3n) is 2.86. The Morgan fingerprint density at radius 1 is 1.47 bits per heavy atom. The molecule has 5 heteroatoms. The summed E-state index contributed by atoms with van der Waals surface area (Å²) in [7, 11) is 0. The number of hydrogen-bond donors (Lipinski definition) is 1. The molecule has 0 aliphatic heterocycles. The van der Waals surface area contributed by atoms with Gasteiger partial charge in [-0.25, -0.2) is 0 Å². The van der Waals surface area contributed by atoms with E-state index in [2.05, 4.69) is 11.2 Å². The van der Waals surface area contributed by atoms with Crippen molar-refractivity contribution in [3.63, 3.8) is 0 Å². The van der Waals surface area contributed by atoms with Crippen LogP contribution in [0, 0.1) is 25.2 Å². The molecule has 0 bridgehead atoms. The second-order valence-corrected chi connectivity index (χ2v) is 5.07. The standard InChI is InChI=1S/C12H19ClN4/c1-9-11(13)10(2)17(16-9)7-5-4-6-12(3,15)8-14/h4-7,15H2,1-3H3. The molecule has 1 aromatic rings. The first-order chi connectivity index (χ1) is 7.87. The molecule has 0 saturated carbocycles. The molecule has 1 atom stereocenters. The second kappa shape index (κ2) is 5.52. The highest BCUT2D eigenvalue weighted by molar-refractivity contribution is 6.31. The molecule has 0 saturated heterocycles. The van der Waals surface area contributed by atoms with Gasteiger partial charge < -0.3 is 5.73 Å². The van der Waals surface area contributed by atoms with Crippen LogP contribution in [0.25, 0.3) is 0 Å². The molecule has 0 aromatic carbocycles. The molecule has 1 rings (SSSR count). The van der Waals surface area contributed by atoms with Gasteiger partial charge in [-0.1, -0.05) is 11.6 Å². The Kier molecular flexibility index (Phi) is 4.55. The Labute approximate surface area is 107 Å². The van der Waals surface area contributed by atoms with E-state index >= 15 is 0 Å². The summed E-state index contributed by atoms with van der Waals surface area (Å²) in [6.45, 7) is 6.44. The predicted octanol–water partition coefficient (Wildman–Crippen LogP) is 2.56. The molecular formula is C12H19ClN4. The highest BCUT2D eigenvalue weighted by Crippen LogP contribution is 2.19. The van der Waals surface area contributed by atoms with E-state index in [1.54, 1.807) is 6.92 Å². The maximum Gasteiger partial charge on any atom is 0.101 e. The van der Waals surface area contributed by atoms with E-state index in [9.17, 15) is 0 Å². The van der Waals surface area contributed by atoms with Crippen molar-refractivity contribution >= 4 is 11.6 Å². The minimum atomic E-state index is -0.716. The third kappa shape index (κ3) is 3.72. The topological polar surface area (TPSA) is 67.6 Å². The number of unbranched alkanes of at least 4 members (excludes halogenated alkanes) is 1. The highest BCUT2D eigenvalue weighted by Gasteiger charge is 2.16. The Bertz CT molecular complexity index is 428. The van der Waals surface area contributed by atoms with E-state index in [1.807, 2.05) is 18.5 Å². The van der Waals surface area contributed by atoms with Gasteiger partial charge in [0.25, 0.3) is 0 Å². The van der Waals surface area contributed by atoms with Crippen LogP contribution in [0.15, 0.2) is 0 Å².